The van der Waals surface area contributed by atoms with Crippen LogP contribution >= 0.6 is 0 Å². The number of benzene rings is 2. The van der Waals surface area contributed by atoms with Crippen LogP contribution in [0.5, 0.6) is 11.5 Å². The number of hydrogen-bond donors (Lipinski definition) is 0. The summed E-state index contributed by atoms with van der Waals surface area (Å²) in [7, 11) is -1.28. The molecule has 2 nitrogen and oxygen atoms in total. The quantitative estimate of drug-likeness (QED) is 0.135. The van der Waals surface area contributed by atoms with Crippen molar-refractivity contribution in [2.75, 3.05) is 13.2 Å². The van der Waals surface area contributed by atoms with Crippen molar-refractivity contribution in [1.82, 2.24) is 0 Å². The number of unbranched alkanes of at least 4 members (excludes halogenated alkanes) is 3. The third kappa shape index (κ3) is 6.54. The van der Waals surface area contributed by atoms with Gasteiger partial charge in [-0.1, -0.05) is 70.5 Å². The van der Waals surface area contributed by atoms with Crippen molar-refractivity contribution >= 4 is 16.9 Å². The minimum absolute atomic E-state index is 0.00741. The zero-order valence-corrected chi connectivity index (χ0v) is 24.2. The van der Waals surface area contributed by atoms with Gasteiger partial charge in [0.15, 0.2) is 23.1 Å². The van der Waals surface area contributed by atoms with Gasteiger partial charge in [-0.2, -0.15) is 8.78 Å². The highest BCUT2D eigenvalue weighted by atomic mass is 28.3. The van der Waals surface area contributed by atoms with Crippen molar-refractivity contribution < 1.29 is 27.0 Å². The fourth-order valence-electron chi connectivity index (χ4n) is 4.69. The average Bonchev–Trinajstić information content (AvgIpc) is 3.05. The normalized spacial score (nSPS) is 14.2. The van der Waals surface area contributed by atoms with E-state index >= 15 is 13.2 Å². The topological polar surface area (TPSA) is 18.5 Å². The molecule has 0 aliphatic heterocycles. The maximum atomic E-state index is 15.3. The molecule has 1 aliphatic carbocycles. The number of fused-ring (bicyclic) bond motifs is 3. The lowest BCUT2D eigenvalue weighted by molar-refractivity contribution is 0.0392. The van der Waals surface area contributed by atoms with Crippen LogP contribution in [0, 0.1) is 11.6 Å². The molecule has 36 heavy (non-hydrogen) atoms. The Balaban J connectivity index is 1.58. The van der Waals surface area contributed by atoms with Crippen molar-refractivity contribution in [2.45, 2.75) is 89.3 Å². The summed E-state index contributed by atoms with van der Waals surface area (Å²) in [5, 5.41) is 0. The molecule has 3 rings (SSSR count). The lowest BCUT2D eigenvalue weighted by Crippen LogP contribution is -2.26. The maximum Gasteiger partial charge on any atom is 0.305 e. The van der Waals surface area contributed by atoms with E-state index in [-0.39, 0.29) is 44.6 Å². The Morgan fingerprint density at radius 1 is 0.778 bits per heavy atom. The fraction of sp³-hybridized carbons (Fsp3) is 0.571. The highest BCUT2D eigenvalue weighted by molar-refractivity contribution is 6.78. The van der Waals surface area contributed by atoms with Gasteiger partial charge >= 0.3 is 5.92 Å². The third-order valence-corrected chi connectivity index (χ3v) is 12.0. The van der Waals surface area contributed by atoms with E-state index in [1.165, 1.54) is 48.8 Å². The van der Waals surface area contributed by atoms with Gasteiger partial charge in [-0.3, -0.25) is 0 Å². The van der Waals surface area contributed by atoms with E-state index < -0.39 is 36.8 Å². The van der Waals surface area contributed by atoms with Crippen molar-refractivity contribution in [2.24, 2.45) is 0 Å². The Kier molecular flexibility index (Phi) is 9.71. The van der Waals surface area contributed by atoms with Crippen LogP contribution in [0.1, 0.15) is 50.2 Å². The first-order valence-electron chi connectivity index (χ1n) is 13.1. The second kappa shape index (κ2) is 12.2. The zero-order chi connectivity index (χ0) is 26.5. The molecule has 0 N–H and O–H groups in total. The van der Waals surface area contributed by atoms with Crippen molar-refractivity contribution in [3.63, 3.8) is 0 Å². The highest BCUT2D eigenvalue weighted by Gasteiger charge is 2.50. The molecule has 2 aromatic rings. The van der Waals surface area contributed by atoms with Crippen LogP contribution in [-0.4, -0.2) is 30.1 Å². The number of alkyl halides is 2. The van der Waals surface area contributed by atoms with Gasteiger partial charge in [-0.05, 0) is 48.2 Å². The van der Waals surface area contributed by atoms with E-state index in [1.807, 2.05) is 6.92 Å². The molecule has 0 heterocycles. The van der Waals surface area contributed by atoms with Crippen LogP contribution in [0.15, 0.2) is 24.3 Å². The second-order valence-corrected chi connectivity index (χ2v) is 19.1. The monoisotopic (exact) mass is 539 g/mol. The van der Waals surface area contributed by atoms with E-state index in [2.05, 4.69) is 26.2 Å². The Morgan fingerprint density at radius 3 is 1.83 bits per heavy atom. The van der Waals surface area contributed by atoms with Gasteiger partial charge in [-0.25, -0.2) is 8.78 Å². The fourth-order valence-corrected chi connectivity index (χ4v) is 10.9. The highest BCUT2D eigenvalue weighted by Crippen LogP contribution is 2.55. The molecule has 8 heteroatoms. The summed E-state index contributed by atoms with van der Waals surface area (Å²) in [5.41, 5.74) is -1.67. The van der Waals surface area contributed by atoms with Crippen molar-refractivity contribution in [3.8, 4) is 22.6 Å². The molecule has 0 saturated carbocycles. The minimum atomic E-state index is -3.81. The molecule has 0 amide bonds. The van der Waals surface area contributed by atoms with E-state index in [4.69, 9.17) is 9.47 Å². The summed E-state index contributed by atoms with van der Waals surface area (Å²) >= 11 is 0. The summed E-state index contributed by atoms with van der Waals surface area (Å²) in [4.78, 5) is 0. The summed E-state index contributed by atoms with van der Waals surface area (Å²) in [6, 6.07) is 9.58. The summed E-state index contributed by atoms with van der Waals surface area (Å²) < 4.78 is 71.5. The van der Waals surface area contributed by atoms with E-state index in [0.29, 0.717) is 6.42 Å². The first-order chi connectivity index (χ1) is 17.0. The Morgan fingerprint density at radius 2 is 1.31 bits per heavy atom. The number of hydrogen-bond acceptors (Lipinski definition) is 2. The standard InChI is InChI=1S/C28H39F4O2Si2/c1-6-15-33-22-13-11-20-21-12-14-23(27(30)25(21)28(31,32)24(20)26(22)29)34-16-9-7-8-10-18-36(4,5)19-17-35(2)3/h11-14H,6-10,15-19H2,1-5H3. The first kappa shape index (κ1) is 28.8. The molecule has 0 unspecified atom stereocenters. The first-order valence-corrected chi connectivity index (χ1v) is 19.2. The van der Waals surface area contributed by atoms with Crippen molar-refractivity contribution in [3.05, 3.63) is 47.0 Å². The van der Waals surface area contributed by atoms with E-state index in [1.54, 1.807) is 0 Å². The predicted molar refractivity (Wildman–Crippen MR) is 144 cm³/mol. The second-order valence-electron chi connectivity index (χ2n) is 10.9. The smallest absolute Gasteiger partial charge is 0.305 e. The van der Waals surface area contributed by atoms with Gasteiger partial charge in [0.2, 0.25) is 0 Å². The van der Waals surface area contributed by atoms with Crippen LogP contribution < -0.4 is 9.47 Å². The molecular formula is C28H39F4O2Si2. The predicted octanol–water partition coefficient (Wildman–Crippen LogP) is 9.28. The zero-order valence-electron chi connectivity index (χ0n) is 22.2. The maximum absolute atomic E-state index is 15.3. The number of rotatable bonds is 14. The minimum Gasteiger partial charge on any atom is -0.491 e. The summed E-state index contributed by atoms with van der Waals surface area (Å²) in [6.07, 6.45) is 4.60. The molecule has 0 atom stereocenters. The van der Waals surface area contributed by atoms with E-state index in [9.17, 15) is 4.39 Å². The molecule has 1 aliphatic rings. The molecule has 199 valence electrons. The molecule has 0 spiro atoms. The summed E-state index contributed by atoms with van der Waals surface area (Å²) in [5.74, 6) is -6.52. The Bertz CT molecular complexity index is 1040. The van der Waals surface area contributed by atoms with Crippen LogP contribution in [0.25, 0.3) is 11.1 Å². The summed E-state index contributed by atoms with van der Waals surface area (Å²) in [6.45, 7) is 12.0. The SMILES string of the molecule is CCCOc1ccc2c(c1F)C(F)(F)c1c-2ccc(OCCCCCC[Si](C)(C)CC[Si](C)C)c1F. The number of halogens is 4. The molecule has 0 fully saturated rings. The third-order valence-electron chi connectivity index (χ3n) is 6.90. The van der Waals surface area contributed by atoms with Gasteiger partial charge in [-0.15, -0.1) is 0 Å². The number of ether oxygens (including phenoxy) is 2. The largest absolute Gasteiger partial charge is 0.491 e. The van der Waals surface area contributed by atoms with Gasteiger partial charge < -0.3 is 9.47 Å². The van der Waals surface area contributed by atoms with Crippen LogP contribution in [0.2, 0.25) is 44.3 Å². The van der Waals surface area contributed by atoms with E-state index in [0.717, 1.165) is 19.3 Å². The van der Waals surface area contributed by atoms with Crippen LogP contribution in [0.3, 0.4) is 0 Å². The molecule has 0 aromatic heterocycles. The Labute approximate surface area is 216 Å². The van der Waals surface area contributed by atoms with Gasteiger partial charge in [0, 0.05) is 16.9 Å². The van der Waals surface area contributed by atoms with Crippen molar-refractivity contribution in [1.29, 1.82) is 0 Å². The van der Waals surface area contributed by atoms with Gasteiger partial charge in [0.1, 0.15) is 0 Å². The van der Waals surface area contributed by atoms with Gasteiger partial charge in [0.25, 0.3) is 0 Å². The Hall–Kier alpha value is -1.81. The molecule has 0 saturated heterocycles. The van der Waals surface area contributed by atoms with Gasteiger partial charge in [0.05, 0.1) is 24.3 Å². The van der Waals surface area contributed by atoms with Crippen LogP contribution in [-0.2, 0) is 5.92 Å². The molecule has 2 aromatic carbocycles. The molecule has 1 radical (unpaired) electrons. The molecular weight excluding hydrogens is 500 g/mol. The molecule has 0 bridgehead atoms. The lowest BCUT2D eigenvalue weighted by atomic mass is 10.0. The van der Waals surface area contributed by atoms with Crippen LogP contribution in [0.4, 0.5) is 17.6 Å². The average molecular weight is 540 g/mol. The lowest BCUT2D eigenvalue weighted by Gasteiger charge is -2.23.